The Kier molecular flexibility index (Phi) is 6.28. The summed E-state index contributed by atoms with van der Waals surface area (Å²) < 4.78 is 66.5. The fourth-order valence-corrected chi connectivity index (χ4v) is 5.47. The third-order valence-corrected chi connectivity index (χ3v) is 7.31. The number of alkyl halides is 3. The van der Waals surface area contributed by atoms with Crippen molar-refractivity contribution in [1.29, 1.82) is 0 Å². The molecule has 0 bridgehead atoms. The zero-order chi connectivity index (χ0) is 22.9. The second kappa shape index (κ2) is 8.84. The van der Waals surface area contributed by atoms with Crippen LogP contribution in [0, 0.1) is 0 Å². The standard InChI is InChI=1S/C22H24F3N3O3S/c23-22(24,25)17-3-1-4-20(13-17)32(30,31)26-18-10-12-27(15-18)14-16-6-8-19(9-7-16)28-11-2-5-21(28)29/h1,3-4,6-9,13,18,26H,2,5,10-12,14-15H2/t18-/m1/s1. The first-order valence-corrected chi connectivity index (χ1v) is 11.9. The number of rotatable bonds is 6. The number of hydrogen-bond donors (Lipinski definition) is 1. The monoisotopic (exact) mass is 467 g/mol. The Labute approximate surface area is 185 Å². The van der Waals surface area contributed by atoms with Gasteiger partial charge >= 0.3 is 6.18 Å². The quantitative estimate of drug-likeness (QED) is 0.707. The predicted octanol–water partition coefficient (Wildman–Crippen LogP) is 3.39. The van der Waals surface area contributed by atoms with Gasteiger partial charge in [-0.15, -0.1) is 0 Å². The Morgan fingerprint density at radius 2 is 1.81 bits per heavy atom. The molecule has 2 aliphatic rings. The van der Waals surface area contributed by atoms with Crippen LogP contribution >= 0.6 is 0 Å². The molecule has 1 amide bonds. The van der Waals surface area contributed by atoms with Crippen molar-refractivity contribution in [2.24, 2.45) is 0 Å². The molecule has 0 radical (unpaired) electrons. The third kappa shape index (κ3) is 5.13. The van der Waals surface area contributed by atoms with Gasteiger partial charge in [0.05, 0.1) is 10.5 Å². The van der Waals surface area contributed by atoms with Crippen molar-refractivity contribution in [2.75, 3.05) is 24.5 Å². The van der Waals surface area contributed by atoms with Gasteiger partial charge in [0.2, 0.25) is 15.9 Å². The summed E-state index contributed by atoms with van der Waals surface area (Å²) in [7, 11) is -4.06. The summed E-state index contributed by atoms with van der Waals surface area (Å²) in [6.45, 7) is 2.49. The van der Waals surface area contributed by atoms with Gasteiger partial charge in [-0.3, -0.25) is 9.69 Å². The number of nitrogens with one attached hydrogen (secondary N) is 1. The fourth-order valence-electron chi connectivity index (χ4n) is 4.16. The summed E-state index contributed by atoms with van der Waals surface area (Å²) in [4.78, 5) is 15.3. The first-order valence-electron chi connectivity index (χ1n) is 10.4. The molecule has 4 rings (SSSR count). The lowest BCUT2D eigenvalue weighted by Gasteiger charge is -2.19. The minimum absolute atomic E-state index is 0.133. The molecule has 0 spiro atoms. The lowest BCUT2D eigenvalue weighted by atomic mass is 10.2. The van der Waals surface area contributed by atoms with E-state index in [1.807, 2.05) is 24.3 Å². The molecule has 172 valence electrons. The molecule has 0 aliphatic carbocycles. The van der Waals surface area contributed by atoms with E-state index in [-0.39, 0.29) is 11.9 Å². The maximum Gasteiger partial charge on any atom is 0.416 e. The summed E-state index contributed by atoms with van der Waals surface area (Å²) >= 11 is 0. The Bertz CT molecular complexity index is 1090. The minimum atomic E-state index is -4.60. The lowest BCUT2D eigenvalue weighted by Crippen LogP contribution is -2.37. The molecule has 32 heavy (non-hydrogen) atoms. The van der Waals surface area contributed by atoms with Gasteiger partial charge in [-0.05, 0) is 48.7 Å². The number of amides is 1. The van der Waals surface area contributed by atoms with E-state index in [1.54, 1.807) is 4.90 Å². The second-order valence-electron chi connectivity index (χ2n) is 8.18. The Morgan fingerprint density at radius 1 is 1.06 bits per heavy atom. The molecule has 6 nitrogen and oxygen atoms in total. The summed E-state index contributed by atoms with van der Waals surface area (Å²) in [6, 6.07) is 11.1. The van der Waals surface area contributed by atoms with Gasteiger partial charge in [-0.25, -0.2) is 13.1 Å². The lowest BCUT2D eigenvalue weighted by molar-refractivity contribution is -0.137. The maximum absolute atomic E-state index is 12.9. The van der Waals surface area contributed by atoms with E-state index < -0.39 is 26.7 Å². The molecule has 0 saturated carbocycles. The Balaban J connectivity index is 1.35. The molecule has 0 unspecified atom stereocenters. The SMILES string of the molecule is O=C1CCCN1c1ccc(CN2CC[C@@H](NS(=O)(=O)c3cccc(C(F)(F)F)c3)C2)cc1. The highest BCUT2D eigenvalue weighted by atomic mass is 32.2. The summed E-state index contributed by atoms with van der Waals surface area (Å²) in [5.74, 6) is 0.133. The minimum Gasteiger partial charge on any atom is -0.312 e. The van der Waals surface area contributed by atoms with Crippen LogP contribution in [0.5, 0.6) is 0 Å². The van der Waals surface area contributed by atoms with Crippen molar-refractivity contribution in [1.82, 2.24) is 9.62 Å². The highest BCUT2D eigenvalue weighted by Gasteiger charge is 2.33. The van der Waals surface area contributed by atoms with Crippen molar-refractivity contribution in [3.63, 3.8) is 0 Å². The van der Waals surface area contributed by atoms with E-state index >= 15 is 0 Å². The van der Waals surface area contributed by atoms with Crippen LogP contribution in [0.15, 0.2) is 53.4 Å². The molecule has 0 aromatic heterocycles. The van der Waals surface area contributed by atoms with Crippen LogP contribution in [0.4, 0.5) is 18.9 Å². The molecule has 2 fully saturated rings. The van der Waals surface area contributed by atoms with E-state index in [9.17, 15) is 26.4 Å². The van der Waals surface area contributed by atoms with Crippen molar-refractivity contribution in [3.8, 4) is 0 Å². The number of likely N-dealkylation sites (tertiary alicyclic amines) is 1. The number of halogens is 3. The number of carbonyl (C=O) groups excluding carboxylic acids is 1. The smallest absolute Gasteiger partial charge is 0.312 e. The van der Waals surface area contributed by atoms with E-state index in [1.165, 1.54) is 0 Å². The van der Waals surface area contributed by atoms with Gasteiger partial charge in [0.25, 0.3) is 0 Å². The largest absolute Gasteiger partial charge is 0.416 e. The highest BCUT2D eigenvalue weighted by Crippen LogP contribution is 2.30. The molecule has 10 heteroatoms. The van der Waals surface area contributed by atoms with Crippen molar-refractivity contribution in [3.05, 3.63) is 59.7 Å². The maximum atomic E-state index is 12.9. The van der Waals surface area contributed by atoms with E-state index in [2.05, 4.69) is 9.62 Å². The number of benzene rings is 2. The molecule has 1 N–H and O–H groups in total. The molecule has 2 aromatic rings. The number of anilines is 1. The van der Waals surface area contributed by atoms with E-state index in [0.717, 1.165) is 42.4 Å². The molecule has 2 aliphatic heterocycles. The molecule has 2 heterocycles. The van der Waals surface area contributed by atoms with Crippen LogP contribution in [0.25, 0.3) is 0 Å². The molecule has 1 atom stereocenters. The van der Waals surface area contributed by atoms with Gasteiger partial charge in [0, 0.05) is 44.3 Å². The van der Waals surface area contributed by atoms with Crippen LogP contribution in [-0.4, -0.2) is 44.9 Å². The second-order valence-corrected chi connectivity index (χ2v) is 9.90. The van der Waals surface area contributed by atoms with Crippen LogP contribution < -0.4 is 9.62 Å². The van der Waals surface area contributed by atoms with Gasteiger partial charge in [-0.1, -0.05) is 18.2 Å². The predicted molar refractivity (Wildman–Crippen MR) is 113 cm³/mol. The van der Waals surface area contributed by atoms with Gasteiger partial charge < -0.3 is 4.90 Å². The number of carbonyl (C=O) groups is 1. The van der Waals surface area contributed by atoms with Crippen molar-refractivity contribution in [2.45, 2.75) is 42.9 Å². The van der Waals surface area contributed by atoms with Crippen LogP contribution in [0.3, 0.4) is 0 Å². The number of hydrogen-bond acceptors (Lipinski definition) is 4. The highest BCUT2D eigenvalue weighted by molar-refractivity contribution is 7.89. The topological polar surface area (TPSA) is 69.7 Å². The van der Waals surface area contributed by atoms with Crippen LogP contribution in [0.2, 0.25) is 0 Å². The van der Waals surface area contributed by atoms with E-state index in [4.69, 9.17) is 0 Å². The number of sulfonamides is 1. The van der Waals surface area contributed by atoms with Crippen molar-refractivity contribution < 1.29 is 26.4 Å². The average Bonchev–Trinajstić information content (AvgIpc) is 3.36. The summed E-state index contributed by atoms with van der Waals surface area (Å²) in [5.41, 5.74) is 0.929. The molecule has 2 saturated heterocycles. The van der Waals surface area contributed by atoms with Crippen LogP contribution in [0.1, 0.15) is 30.4 Å². The number of nitrogens with zero attached hydrogens (tertiary/aromatic N) is 2. The van der Waals surface area contributed by atoms with Gasteiger partial charge in [0.15, 0.2) is 0 Å². The zero-order valence-corrected chi connectivity index (χ0v) is 18.1. The van der Waals surface area contributed by atoms with E-state index in [0.29, 0.717) is 38.5 Å². The van der Waals surface area contributed by atoms with Gasteiger partial charge in [-0.2, -0.15) is 13.2 Å². The average molecular weight is 468 g/mol. The summed E-state index contributed by atoms with van der Waals surface area (Å²) in [6.07, 6.45) is -2.59. The first-order chi connectivity index (χ1) is 15.1. The Morgan fingerprint density at radius 3 is 2.47 bits per heavy atom. The Hall–Kier alpha value is -2.43. The zero-order valence-electron chi connectivity index (χ0n) is 17.3. The van der Waals surface area contributed by atoms with Gasteiger partial charge in [0.1, 0.15) is 0 Å². The fraction of sp³-hybridized carbons (Fsp3) is 0.409. The molecular formula is C22H24F3N3O3S. The first kappa shape index (κ1) is 22.8. The third-order valence-electron chi connectivity index (χ3n) is 5.79. The molecule has 2 aromatic carbocycles. The van der Waals surface area contributed by atoms with Crippen molar-refractivity contribution >= 4 is 21.6 Å². The normalized spacial score (nSPS) is 20.3. The molecular weight excluding hydrogens is 443 g/mol. The summed E-state index contributed by atoms with van der Waals surface area (Å²) in [5, 5.41) is 0. The van der Waals surface area contributed by atoms with Crippen LogP contribution in [-0.2, 0) is 27.5 Å².